The van der Waals surface area contributed by atoms with Gasteiger partial charge in [0.2, 0.25) is 0 Å². The number of halogens is 1. The molecule has 1 aromatic heterocycles. The van der Waals surface area contributed by atoms with Crippen molar-refractivity contribution in [2.24, 2.45) is 11.8 Å². The number of rotatable bonds is 2. The summed E-state index contributed by atoms with van der Waals surface area (Å²) in [5, 5.41) is 3.47. The molecule has 21 heavy (non-hydrogen) atoms. The van der Waals surface area contributed by atoms with Gasteiger partial charge in [-0.15, -0.1) is 23.7 Å². The highest BCUT2D eigenvalue weighted by molar-refractivity contribution is 7.14. The largest absolute Gasteiger partial charge is 0.495 e. The van der Waals surface area contributed by atoms with Crippen LogP contribution in [0.3, 0.4) is 0 Å². The second-order valence-electron chi connectivity index (χ2n) is 5.80. The first-order valence-corrected chi connectivity index (χ1v) is 8.15. The number of aryl methyl sites for hydroxylation is 1. The third kappa shape index (κ3) is 3.35. The molecule has 2 fully saturated rings. The van der Waals surface area contributed by atoms with Crippen molar-refractivity contribution in [2.45, 2.75) is 19.8 Å². The molecule has 0 radical (unpaired) electrons. The Bertz CT molecular complexity index is 492. The third-order valence-electron chi connectivity index (χ3n) is 4.54. The van der Waals surface area contributed by atoms with Crippen LogP contribution >= 0.6 is 23.7 Å². The molecule has 0 saturated carbocycles. The maximum Gasteiger partial charge on any atom is 0.267 e. The van der Waals surface area contributed by atoms with E-state index in [1.165, 1.54) is 0 Å². The Morgan fingerprint density at radius 1 is 1.33 bits per heavy atom. The van der Waals surface area contributed by atoms with Crippen LogP contribution in [0.15, 0.2) is 6.07 Å². The minimum Gasteiger partial charge on any atom is -0.495 e. The lowest BCUT2D eigenvalue weighted by molar-refractivity contribution is 0.0760. The third-order valence-corrected chi connectivity index (χ3v) is 5.56. The van der Waals surface area contributed by atoms with E-state index in [4.69, 9.17) is 4.74 Å². The van der Waals surface area contributed by atoms with Gasteiger partial charge in [-0.25, -0.2) is 0 Å². The van der Waals surface area contributed by atoms with Crippen molar-refractivity contribution >= 4 is 29.7 Å². The van der Waals surface area contributed by atoms with E-state index in [1.807, 2.05) is 17.9 Å². The topological polar surface area (TPSA) is 41.6 Å². The molecule has 0 bridgehead atoms. The van der Waals surface area contributed by atoms with Gasteiger partial charge in [-0.05, 0) is 50.8 Å². The number of carbonyl (C=O) groups excluding carboxylic acids is 1. The molecule has 1 amide bonds. The molecule has 0 unspecified atom stereocenters. The van der Waals surface area contributed by atoms with E-state index in [0.29, 0.717) is 0 Å². The number of thiophene rings is 1. The molecule has 3 rings (SSSR count). The predicted molar refractivity (Wildman–Crippen MR) is 87.8 cm³/mol. The Morgan fingerprint density at radius 2 is 1.95 bits per heavy atom. The van der Waals surface area contributed by atoms with E-state index in [0.717, 1.165) is 66.4 Å². The van der Waals surface area contributed by atoms with Gasteiger partial charge in [0.05, 0.1) is 7.11 Å². The van der Waals surface area contributed by atoms with Crippen LogP contribution in [-0.4, -0.2) is 44.1 Å². The Balaban J connectivity index is 0.00000161. The summed E-state index contributed by atoms with van der Waals surface area (Å²) in [5.74, 6) is 2.37. The first kappa shape index (κ1) is 16.6. The van der Waals surface area contributed by atoms with Crippen LogP contribution in [-0.2, 0) is 0 Å². The lowest BCUT2D eigenvalue weighted by Gasteiger charge is -2.20. The molecule has 0 aromatic carbocycles. The fourth-order valence-corrected chi connectivity index (χ4v) is 4.30. The second-order valence-corrected chi connectivity index (χ2v) is 7.06. The molecule has 6 heteroatoms. The van der Waals surface area contributed by atoms with Crippen molar-refractivity contribution in [2.75, 3.05) is 33.3 Å². The van der Waals surface area contributed by atoms with Gasteiger partial charge in [0, 0.05) is 18.0 Å². The molecule has 3 heterocycles. The number of hydrogen-bond donors (Lipinski definition) is 1. The van der Waals surface area contributed by atoms with Gasteiger partial charge in [0.25, 0.3) is 5.91 Å². The molecule has 2 aliphatic rings. The van der Waals surface area contributed by atoms with Crippen LogP contribution in [0.2, 0.25) is 0 Å². The zero-order valence-electron chi connectivity index (χ0n) is 12.6. The highest BCUT2D eigenvalue weighted by Crippen LogP contribution is 2.32. The van der Waals surface area contributed by atoms with Crippen LogP contribution in [0.4, 0.5) is 0 Å². The van der Waals surface area contributed by atoms with Crippen molar-refractivity contribution in [3.63, 3.8) is 0 Å². The minimum atomic E-state index is 0. The number of fused-ring (bicyclic) bond motifs is 1. The Kier molecular flexibility index (Phi) is 5.52. The highest BCUT2D eigenvalue weighted by Gasteiger charge is 2.32. The van der Waals surface area contributed by atoms with E-state index in [1.54, 1.807) is 18.4 Å². The summed E-state index contributed by atoms with van der Waals surface area (Å²) in [6, 6.07) is 1.95. The Morgan fingerprint density at radius 3 is 2.52 bits per heavy atom. The van der Waals surface area contributed by atoms with Crippen molar-refractivity contribution in [3.05, 3.63) is 15.8 Å². The molecule has 0 aliphatic carbocycles. The van der Waals surface area contributed by atoms with E-state index in [9.17, 15) is 4.79 Å². The first-order valence-electron chi connectivity index (χ1n) is 7.33. The summed E-state index contributed by atoms with van der Waals surface area (Å²) < 4.78 is 5.34. The number of hydrogen-bond acceptors (Lipinski definition) is 4. The lowest BCUT2D eigenvalue weighted by atomic mass is 9.92. The van der Waals surface area contributed by atoms with Crippen LogP contribution in [0.1, 0.15) is 27.4 Å². The van der Waals surface area contributed by atoms with E-state index >= 15 is 0 Å². The molecule has 4 nitrogen and oxygen atoms in total. The number of carbonyl (C=O) groups is 1. The van der Waals surface area contributed by atoms with Crippen LogP contribution < -0.4 is 10.1 Å². The van der Waals surface area contributed by atoms with Gasteiger partial charge in [-0.2, -0.15) is 0 Å². The average Bonchev–Trinajstić information content (AvgIpc) is 3.00. The van der Waals surface area contributed by atoms with Crippen LogP contribution in [0.5, 0.6) is 5.75 Å². The molecular formula is C15H23ClN2O2S. The molecular weight excluding hydrogens is 308 g/mol. The number of amides is 1. The van der Waals surface area contributed by atoms with E-state index < -0.39 is 0 Å². The standard InChI is InChI=1S/C15H22N2O2S.ClH/c1-10-7-13(19-2)14(20-10)15(18)17-5-3-11-8-16-9-12(11)4-6-17;/h7,11-12,16H,3-6,8-9H2,1-2H3;1H/t11-,12+;. The van der Waals surface area contributed by atoms with Crippen molar-refractivity contribution in [3.8, 4) is 5.75 Å². The zero-order chi connectivity index (χ0) is 14.1. The van der Waals surface area contributed by atoms with Crippen LogP contribution in [0, 0.1) is 18.8 Å². The number of likely N-dealkylation sites (tertiary alicyclic amines) is 1. The number of methoxy groups -OCH3 is 1. The predicted octanol–water partition coefficient (Wildman–Crippen LogP) is 2.56. The molecule has 2 saturated heterocycles. The minimum absolute atomic E-state index is 0. The summed E-state index contributed by atoms with van der Waals surface area (Å²) in [5.41, 5.74) is 0. The van der Waals surface area contributed by atoms with E-state index in [2.05, 4.69) is 5.32 Å². The van der Waals surface area contributed by atoms with Gasteiger partial charge < -0.3 is 15.0 Å². The molecule has 0 spiro atoms. The summed E-state index contributed by atoms with van der Waals surface area (Å²) in [7, 11) is 1.64. The number of nitrogens with zero attached hydrogens (tertiary/aromatic N) is 1. The van der Waals surface area contributed by atoms with Gasteiger partial charge in [0.15, 0.2) is 0 Å². The summed E-state index contributed by atoms with van der Waals surface area (Å²) in [4.78, 5) is 16.6. The maximum atomic E-state index is 12.7. The van der Waals surface area contributed by atoms with Gasteiger partial charge in [-0.1, -0.05) is 0 Å². The van der Waals surface area contributed by atoms with Crippen molar-refractivity contribution in [1.29, 1.82) is 0 Å². The molecule has 2 atom stereocenters. The Labute approximate surface area is 136 Å². The van der Waals surface area contributed by atoms with Gasteiger partial charge >= 0.3 is 0 Å². The van der Waals surface area contributed by atoms with Gasteiger partial charge in [-0.3, -0.25) is 4.79 Å². The smallest absolute Gasteiger partial charge is 0.267 e. The lowest BCUT2D eigenvalue weighted by Crippen LogP contribution is -2.32. The summed E-state index contributed by atoms with van der Waals surface area (Å²) >= 11 is 1.54. The molecule has 1 aromatic rings. The number of ether oxygens (including phenoxy) is 1. The summed E-state index contributed by atoms with van der Waals surface area (Å²) in [6.07, 6.45) is 2.24. The Hall–Kier alpha value is -0.780. The zero-order valence-corrected chi connectivity index (χ0v) is 14.2. The van der Waals surface area contributed by atoms with E-state index in [-0.39, 0.29) is 18.3 Å². The normalized spacial score (nSPS) is 25.0. The quantitative estimate of drug-likeness (QED) is 0.906. The second kappa shape index (κ2) is 6.99. The van der Waals surface area contributed by atoms with Crippen molar-refractivity contribution < 1.29 is 9.53 Å². The molecule has 1 N–H and O–H groups in total. The average molecular weight is 331 g/mol. The fraction of sp³-hybridized carbons (Fsp3) is 0.667. The fourth-order valence-electron chi connectivity index (χ4n) is 3.36. The monoisotopic (exact) mass is 330 g/mol. The van der Waals surface area contributed by atoms with Gasteiger partial charge in [0.1, 0.15) is 10.6 Å². The molecule has 2 aliphatic heterocycles. The van der Waals surface area contributed by atoms with Crippen molar-refractivity contribution in [1.82, 2.24) is 10.2 Å². The number of nitrogens with one attached hydrogen (secondary N) is 1. The first-order chi connectivity index (χ1) is 9.69. The molecule has 118 valence electrons. The van der Waals surface area contributed by atoms with Crippen LogP contribution in [0.25, 0.3) is 0 Å². The SMILES string of the molecule is COc1cc(C)sc1C(=O)N1CC[C@@H]2CNC[C@@H]2CC1.Cl. The highest BCUT2D eigenvalue weighted by atomic mass is 35.5. The maximum absolute atomic E-state index is 12.7. The summed E-state index contributed by atoms with van der Waals surface area (Å²) in [6.45, 7) is 6.01.